The largest absolute Gasteiger partial charge is 0.486 e. The highest BCUT2D eigenvalue weighted by Gasteiger charge is 2.44. The summed E-state index contributed by atoms with van der Waals surface area (Å²) in [6.07, 6.45) is 4.51. The quantitative estimate of drug-likeness (QED) is 0.825. The Kier molecular flexibility index (Phi) is 3.55. The molecule has 0 radical (unpaired) electrons. The molecule has 1 aromatic rings. The number of rotatable bonds is 2. The molecule has 0 bridgehead atoms. The van der Waals surface area contributed by atoms with E-state index in [9.17, 15) is 4.79 Å². The minimum absolute atomic E-state index is 0.215. The SMILES string of the molecule is CCCC1CC2(CCO1)CC(=O)c1cc(C)ccc1O2. The molecule has 0 N–H and O–H groups in total. The van der Waals surface area contributed by atoms with Crippen molar-refractivity contribution in [3.05, 3.63) is 29.3 Å². The lowest BCUT2D eigenvalue weighted by atomic mass is 9.81. The maximum Gasteiger partial charge on any atom is 0.170 e. The fraction of sp³-hybridized carbons (Fsp3) is 0.588. The maximum absolute atomic E-state index is 12.5. The highest BCUT2D eigenvalue weighted by molar-refractivity contribution is 6.00. The van der Waals surface area contributed by atoms with Crippen LogP contribution >= 0.6 is 0 Å². The van der Waals surface area contributed by atoms with E-state index in [1.54, 1.807) is 0 Å². The molecule has 20 heavy (non-hydrogen) atoms. The highest BCUT2D eigenvalue weighted by Crippen LogP contribution is 2.41. The smallest absolute Gasteiger partial charge is 0.170 e. The van der Waals surface area contributed by atoms with Crippen molar-refractivity contribution in [1.29, 1.82) is 0 Å². The number of ketones is 1. The molecule has 108 valence electrons. The molecular formula is C17H22O3. The number of fused-ring (bicyclic) bond motifs is 1. The third kappa shape index (κ3) is 2.47. The molecule has 0 aromatic heterocycles. The first-order valence-corrected chi connectivity index (χ1v) is 7.56. The van der Waals surface area contributed by atoms with Gasteiger partial charge in [0.1, 0.15) is 11.4 Å². The Hall–Kier alpha value is -1.35. The first-order chi connectivity index (χ1) is 9.62. The number of aryl methyl sites for hydroxylation is 1. The molecule has 2 unspecified atom stereocenters. The molecule has 3 rings (SSSR count). The molecule has 2 heterocycles. The van der Waals surface area contributed by atoms with Gasteiger partial charge in [-0.05, 0) is 25.5 Å². The summed E-state index contributed by atoms with van der Waals surface area (Å²) in [4.78, 5) is 12.5. The van der Waals surface area contributed by atoms with Crippen LogP contribution in [0, 0.1) is 6.92 Å². The first-order valence-electron chi connectivity index (χ1n) is 7.56. The highest BCUT2D eigenvalue weighted by atomic mass is 16.5. The van der Waals surface area contributed by atoms with Gasteiger partial charge in [0.05, 0.1) is 24.7 Å². The molecule has 0 saturated carbocycles. The fourth-order valence-electron chi connectivity index (χ4n) is 3.36. The van der Waals surface area contributed by atoms with Crippen LogP contribution in [0.1, 0.15) is 54.9 Å². The summed E-state index contributed by atoms with van der Waals surface area (Å²) >= 11 is 0. The van der Waals surface area contributed by atoms with E-state index in [0.717, 1.165) is 42.6 Å². The van der Waals surface area contributed by atoms with E-state index < -0.39 is 0 Å². The van der Waals surface area contributed by atoms with Crippen LogP contribution in [-0.2, 0) is 4.74 Å². The number of hydrogen-bond acceptors (Lipinski definition) is 3. The van der Waals surface area contributed by atoms with Crippen LogP contribution in [-0.4, -0.2) is 24.1 Å². The minimum atomic E-state index is -0.336. The lowest BCUT2D eigenvalue weighted by molar-refractivity contribution is -0.0937. The zero-order chi connectivity index (χ0) is 14.2. The van der Waals surface area contributed by atoms with E-state index in [1.807, 2.05) is 25.1 Å². The van der Waals surface area contributed by atoms with Crippen LogP contribution in [0.2, 0.25) is 0 Å². The van der Waals surface area contributed by atoms with Gasteiger partial charge in [-0.2, -0.15) is 0 Å². The molecule has 0 aliphatic carbocycles. The van der Waals surface area contributed by atoms with Crippen molar-refractivity contribution in [3.8, 4) is 5.75 Å². The van der Waals surface area contributed by atoms with Crippen molar-refractivity contribution in [2.45, 2.75) is 57.7 Å². The molecular weight excluding hydrogens is 252 g/mol. The van der Waals surface area contributed by atoms with Gasteiger partial charge in [0, 0.05) is 12.8 Å². The number of carbonyl (C=O) groups is 1. The van der Waals surface area contributed by atoms with E-state index in [4.69, 9.17) is 9.47 Å². The van der Waals surface area contributed by atoms with Gasteiger partial charge in [0.15, 0.2) is 5.78 Å². The topological polar surface area (TPSA) is 35.5 Å². The summed E-state index contributed by atoms with van der Waals surface area (Å²) in [5.41, 5.74) is 1.51. The second-order valence-corrected chi connectivity index (χ2v) is 6.12. The molecule has 1 spiro atoms. The molecule has 1 aromatic carbocycles. The molecule has 2 aliphatic rings. The van der Waals surface area contributed by atoms with Gasteiger partial charge in [0.2, 0.25) is 0 Å². The van der Waals surface area contributed by atoms with Crippen LogP contribution < -0.4 is 4.74 Å². The van der Waals surface area contributed by atoms with E-state index in [-0.39, 0.29) is 17.5 Å². The molecule has 2 aliphatic heterocycles. The number of hydrogen-bond donors (Lipinski definition) is 0. The summed E-state index contributed by atoms with van der Waals surface area (Å²) < 4.78 is 12.1. The Balaban J connectivity index is 1.86. The number of ether oxygens (including phenoxy) is 2. The van der Waals surface area contributed by atoms with Gasteiger partial charge >= 0.3 is 0 Å². The maximum atomic E-state index is 12.5. The third-order valence-electron chi connectivity index (χ3n) is 4.37. The number of Topliss-reactive ketones (excluding diaryl/α,β-unsaturated/α-hetero) is 1. The zero-order valence-electron chi connectivity index (χ0n) is 12.3. The molecule has 0 amide bonds. The second-order valence-electron chi connectivity index (χ2n) is 6.12. The summed E-state index contributed by atoms with van der Waals surface area (Å²) in [7, 11) is 0. The van der Waals surface area contributed by atoms with Crippen molar-refractivity contribution < 1.29 is 14.3 Å². The Bertz CT molecular complexity index is 521. The van der Waals surface area contributed by atoms with Gasteiger partial charge < -0.3 is 9.47 Å². The van der Waals surface area contributed by atoms with E-state index in [0.29, 0.717) is 13.0 Å². The van der Waals surface area contributed by atoms with Crippen molar-refractivity contribution in [2.75, 3.05) is 6.61 Å². The van der Waals surface area contributed by atoms with Crippen LogP contribution in [0.3, 0.4) is 0 Å². The molecule has 1 saturated heterocycles. The van der Waals surface area contributed by atoms with Gasteiger partial charge in [-0.25, -0.2) is 0 Å². The number of carbonyl (C=O) groups excluding carboxylic acids is 1. The average molecular weight is 274 g/mol. The Morgan fingerprint density at radius 1 is 1.40 bits per heavy atom. The molecule has 3 nitrogen and oxygen atoms in total. The Morgan fingerprint density at radius 2 is 2.25 bits per heavy atom. The normalized spacial score (nSPS) is 29.1. The standard InChI is InChI=1S/C17H22O3/c1-3-4-13-10-17(7-8-19-13)11-15(18)14-9-12(2)5-6-16(14)20-17/h5-6,9,13H,3-4,7-8,10-11H2,1-2H3. The Morgan fingerprint density at radius 3 is 3.05 bits per heavy atom. The first kappa shape index (κ1) is 13.6. The summed E-state index contributed by atoms with van der Waals surface area (Å²) in [5.74, 6) is 0.969. The summed E-state index contributed by atoms with van der Waals surface area (Å²) in [6.45, 7) is 4.86. The van der Waals surface area contributed by atoms with Crippen LogP contribution in [0.25, 0.3) is 0 Å². The van der Waals surface area contributed by atoms with Gasteiger partial charge in [-0.3, -0.25) is 4.79 Å². The Labute approximate surface area is 120 Å². The predicted molar refractivity (Wildman–Crippen MR) is 77.4 cm³/mol. The molecule has 3 heteroatoms. The summed E-state index contributed by atoms with van der Waals surface area (Å²) in [6, 6.07) is 5.88. The third-order valence-corrected chi connectivity index (χ3v) is 4.37. The van der Waals surface area contributed by atoms with Crippen molar-refractivity contribution in [1.82, 2.24) is 0 Å². The van der Waals surface area contributed by atoms with Gasteiger partial charge in [-0.1, -0.05) is 25.0 Å². The van der Waals surface area contributed by atoms with Gasteiger partial charge in [-0.15, -0.1) is 0 Å². The monoisotopic (exact) mass is 274 g/mol. The van der Waals surface area contributed by atoms with Crippen molar-refractivity contribution in [2.24, 2.45) is 0 Å². The van der Waals surface area contributed by atoms with E-state index in [2.05, 4.69) is 6.92 Å². The zero-order valence-corrected chi connectivity index (χ0v) is 12.3. The van der Waals surface area contributed by atoms with Crippen LogP contribution in [0.15, 0.2) is 18.2 Å². The second kappa shape index (κ2) is 5.21. The van der Waals surface area contributed by atoms with Crippen LogP contribution in [0.4, 0.5) is 0 Å². The molecule has 1 fully saturated rings. The predicted octanol–water partition coefficient (Wildman–Crippen LogP) is 3.68. The average Bonchev–Trinajstić information content (AvgIpc) is 2.40. The minimum Gasteiger partial charge on any atom is -0.486 e. The van der Waals surface area contributed by atoms with Gasteiger partial charge in [0.25, 0.3) is 0 Å². The van der Waals surface area contributed by atoms with Crippen molar-refractivity contribution in [3.63, 3.8) is 0 Å². The molecule has 2 atom stereocenters. The van der Waals surface area contributed by atoms with Crippen molar-refractivity contribution >= 4 is 5.78 Å². The lowest BCUT2D eigenvalue weighted by Crippen LogP contribution is -2.49. The van der Waals surface area contributed by atoms with E-state index >= 15 is 0 Å². The summed E-state index contributed by atoms with van der Waals surface area (Å²) in [5, 5.41) is 0. The van der Waals surface area contributed by atoms with Crippen LogP contribution in [0.5, 0.6) is 5.75 Å². The van der Waals surface area contributed by atoms with E-state index in [1.165, 1.54) is 0 Å². The lowest BCUT2D eigenvalue weighted by Gasteiger charge is -2.43. The fourth-order valence-corrected chi connectivity index (χ4v) is 3.36. The number of benzene rings is 1.